The van der Waals surface area contributed by atoms with Gasteiger partial charge >= 0.3 is 0 Å². The van der Waals surface area contributed by atoms with Gasteiger partial charge in [0.05, 0.1) is 15.5 Å². The highest BCUT2D eigenvalue weighted by Crippen LogP contribution is 2.22. The van der Waals surface area contributed by atoms with Gasteiger partial charge in [-0.05, 0) is 36.4 Å². The predicted molar refractivity (Wildman–Crippen MR) is 106 cm³/mol. The SMILES string of the molecule is NS(=O)(=O)c1ccc(Cl)c(C(=O)N2CCN(C(=O)c3cccc(Cl)c3)CC2)c1. The summed E-state index contributed by atoms with van der Waals surface area (Å²) in [6, 6.07) is 10.4. The molecule has 0 aromatic heterocycles. The Kier molecular flexibility index (Phi) is 5.95. The van der Waals surface area contributed by atoms with E-state index in [1.807, 2.05) is 0 Å². The first-order valence-electron chi connectivity index (χ1n) is 8.33. The summed E-state index contributed by atoms with van der Waals surface area (Å²) in [5, 5.41) is 5.73. The van der Waals surface area contributed by atoms with Gasteiger partial charge in [-0.1, -0.05) is 29.3 Å². The molecule has 0 atom stereocenters. The first kappa shape index (κ1) is 20.6. The second-order valence-electron chi connectivity index (χ2n) is 6.28. The number of benzene rings is 2. The molecule has 1 saturated heterocycles. The number of carbonyl (C=O) groups excluding carboxylic acids is 2. The standard InChI is InChI=1S/C18H17Cl2N3O4S/c19-13-3-1-2-12(10-13)17(24)22-6-8-23(9-7-22)18(25)15-11-14(28(21,26)27)4-5-16(15)20/h1-5,10-11H,6-9H2,(H2,21,26,27). The average Bonchev–Trinajstić information content (AvgIpc) is 2.66. The van der Waals surface area contributed by atoms with Crippen LogP contribution in [0.3, 0.4) is 0 Å². The molecule has 2 aromatic rings. The molecule has 1 heterocycles. The number of carbonyl (C=O) groups is 2. The molecule has 28 heavy (non-hydrogen) atoms. The Morgan fingerprint density at radius 2 is 1.50 bits per heavy atom. The van der Waals surface area contributed by atoms with Gasteiger partial charge in [-0.2, -0.15) is 0 Å². The fourth-order valence-corrected chi connectivity index (χ4v) is 3.86. The first-order valence-corrected chi connectivity index (χ1v) is 10.6. The van der Waals surface area contributed by atoms with E-state index in [4.69, 9.17) is 28.3 Å². The van der Waals surface area contributed by atoms with E-state index in [0.717, 1.165) is 0 Å². The van der Waals surface area contributed by atoms with E-state index >= 15 is 0 Å². The van der Waals surface area contributed by atoms with Gasteiger partial charge in [0.25, 0.3) is 11.8 Å². The highest BCUT2D eigenvalue weighted by atomic mass is 35.5. The minimum atomic E-state index is -3.95. The van der Waals surface area contributed by atoms with Gasteiger partial charge in [0.15, 0.2) is 0 Å². The average molecular weight is 442 g/mol. The van der Waals surface area contributed by atoms with Crippen molar-refractivity contribution in [3.05, 3.63) is 63.6 Å². The number of hydrogen-bond acceptors (Lipinski definition) is 4. The van der Waals surface area contributed by atoms with Crippen LogP contribution in [0.25, 0.3) is 0 Å². The Morgan fingerprint density at radius 1 is 0.893 bits per heavy atom. The molecule has 10 heteroatoms. The molecular formula is C18H17Cl2N3O4S. The third-order valence-electron chi connectivity index (χ3n) is 4.42. The largest absolute Gasteiger partial charge is 0.335 e. The van der Waals surface area contributed by atoms with E-state index in [1.54, 1.807) is 29.2 Å². The van der Waals surface area contributed by atoms with Crippen LogP contribution in [0.5, 0.6) is 0 Å². The molecule has 7 nitrogen and oxygen atoms in total. The molecule has 1 fully saturated rings. The van der Waals surface area contributed by atoms with Gasteiger partial charge in [0.1, 0.15) is 0 Å². The second kappa shape index (κ2) is 8.08. The highest BCUT2D eigenvalue weighted by Gasteiger charge is 2.27. The van der Waals surface area contributed by atoms with Crippen LogP contribution >= 0.6 is 23.2 Å². The van der Waals surface area contributed by atoms with E-state index in [-0.39, 0.29) is 21.4 Å². The van der Waals surface area contributed by atoms with E-state index in [2.05, 4.69) is 0 Å². The van der Waals surface area contributed by atoms with Crippen LogP contribution in [0.1, 0.15) is 20.7 Å². The van der Waals surface area contributed by atoms with Gasteiger partial charge in [-0.3, -0.25) is 9.59 Å². The molecule has 1 aliphatic heterocycles. The number of rotatable bonds is 3. The molecule has 0 aliphatic carbocycles. The summed E-state index contributed by atoms with van der Waals surface area (Å²) in [5.74, 6) is -0.575. The Balaban J connectivity index is 1.71. The third kappa shape index (κ3) is 4.47. The molecule has 1 aliphatic rings. The summed E-state index contributed by atoms with van der Waals surface area (Å²) in [4.78, 5) is 28.3. The second-order valence-corrected chi connectivity index (χ2v) is 8.69. The van der Waals surface area contributed by atoms with Crippen LogP contribution in [0.4, 0.5) is 0 Å². The Labute approximate surface area is 172 Å². The van der Waals surface area contributed by atoms with Gasteiger partial charge < -0.3 is 9.80 Å². The minimum absolute atomic E-state index is 0.0582. The predicted octanol–water partition coefficient (Wildman–Crippen LogP) is 2.24. The molecule has 2 aromatic carbocycles. The lowest BCUT2D eigenvalue weighted by atomic mass is 10.1. The Bertz CT molecular complexity index is 1030. The van der Waals surface area contributed by atoms with Gasteiger partial charge in [0, 0.05) is 36.8 Å². The van der Waals surface area contributed by atoms with Crippen molar-refractivity contribution in [3.8, 4) is 0 Å². The van der Waals surface area contributed by atoms with Crippen molar-refractivity contribution in [2.75, 3.05) is 26.2 Å². The highest BCUT2D eigenvalue weighted by molar-refractivity contribution is 7.89. The maximum atomic E-state index is 12.8. The lowest BCUT2D eigenvalue weighted by Crippen LogP contribution is -2.50. The zero-order chi connectivity index (χ0) is 20.5. The summed E-state index contributed by atoms with van der Waals surface area (Å²) < 4.78 is 23.1. The number of nitrogens with zero attached hydrogens (tertiary/aromatic N) is 2. The fourth-order valence-electron chi connectivity index (χ4n) is 2.93. The number of hydrogen-bond donors (Lipinski definition) is 1. The number of sulfonamides is 1. The summed E-state index contributed by atoms with van der Waals surface area (Å²) in [5.41, 5.74) is 0.541. The topological polar surface area (TPSA) is 101 Å². The quantitative estimate of drug-likeness (QED) is 0.788. The maximum Gasteiger partial charge on any atom is 0.255 e. The van der Waals surface area contributed by atoms with Crippen LogP contribution in [-0.2, 0) is 10.0 Å². The minimum Gasteiger partial charge on any atom is -0.335 e. The monoisotopic (exact) mass is 441 g/mol. The molecule has 0 unspecified atom stereocenters. The van der Waals surface area contributed by atoms with Gasteiger partial charge in [-0.15, -0.1) is 0 Å². The number of primary sulfonamides is 1. The van der Waals surface area contributed by atoms with Gasteiger partial charge in [-0.25, -0.2) is 13.6 Å². The first-order chi connectivity index (χ1) is 13.2. The molecule has 3 rings (SSSR count). The van der Waals surface area contributed by atoms with Crippen LogP contribution in [-0.4, -0.2) is 56.2 Å². The normalized spacial score (nSPS) is 14.8. The van der Waals surface area contributed by atoms with E-state index in [1.165, 1.54) is 23.1 Å². The summed E-state index contributed by atoms with van der Waals surface area (Å²) in [7, 11) is -3.95. The lowest BCUT2D eigenvalue weighted by molar-refractivity contribution is 0.0535. The number of halogens is 2. The maximum absolute atomic E-state index is 12.8. The smallest absolute Gasteiger partial charge is 0.255 e. The van der Waals surface area contributed by atoms with E-state index in [9.17, 15) is 18.0 Å². The van der Waals surface area contributed by atoms with E-state index in [0.29, 0.717) is 36.8 Å². The van der Waals surface area contributed by atoms with Crippen LogP contribution in [0.2, 0.25) is 10.0 Å². The van der Waals surface area contributed by atoms with Gasteiger partial charge in [0.2, 0.25) is 10.0 Å². The number of nitrogens with two attached hydrogens (primary N) is 1. The summed E-state index contributed by atoms with van der Waals surface area (Å²) in [6.07, 6.45) is 0. The molecule has 0 bridgehead atoms. The van der Waals surface area contributed by atoms with E-state index < -0.39 is 15.9 Å². The van der Waals surface area contributed by atoms with Crippen molar-refractivity contribution >= 4 is 45.0 Å². The van der Waals surface area contributed by atoms with Crippen molar-refractivity contribution in [1.29, 1.82) is 0 Å². The molecule has 0 saturated carbocycles. The zero-order valence-corrected chi connectivity index (χ0v) is 17.0. The third-order valence-corrected chi connectivity index (χ3v) is 5.90. The zero-order valence-electron chi connectivity index (χ0n) is 14.6. The molecular weight excluding hydrogens is 425 g/mol. The number of piperazine rings is 1. The van der Waals surface area contributed by atoms with Crippen molar-refractivity contribution in [2.45, 2.75) is 4.90 Å². The van der Waals surface area contributed by atoms with Crippen molar-refractivity contribution < 1.29 is 18.0 Å². The molecule has 0 radical (unpaired) electrons. The van der Waals surface area contributed by atoms with Crippen molar-refractivity contribution in [1.82, 2.24) is 9.80 Å². The van der Waals surface area contributed by atoms with Crippen molar-refractivity contribution in [2.24, 2.45) is 5.14 Å². The summed E-state index contributed by atoms with van der Waals surface area (Å²) in [6.45, 7) is 1.26. The Hall–Kier alpha value is -2.13. The molecule has 2 amide bonds. The van der Waals surface area contributed by atoms with Crippen LogP contribution in [0.15, 0.2) is 47.4 Å². The van der Waals surface area contributed by atoms with Crippen molar-refractivity contribution in [3.63, 3.8) is 0 Å². The molecule has 2 N–H and O–H groups in total. The summed E-state index contributed by atoms with van der Waals surface area (Å²) >= 11 is 12.0. The number of amides is 2. The molecule has 0 spiro atoms. The lowest BCUT2D eigenvalue weighted by Gasteiger charge is -2.35. The molecule has 148 valence electrons. The van der Waals surface area contributed by atoms with Crippen LogP contribution < -0.4 is 5.14 Å². The fraction of sp³-hybridized carbons (Fsp3) is 0.222. The van der Waals surface area contributed by atoms with Crippen LogP contribution in [0, 0.1) is 0 Å². The Morgan fingerprint density at radius 3 is 2.07 bits per heavy atom.